The van der Waals surface area contributed by atoms with Gasteiger partial charge in [-0.15, -0.1) is 0 Å². The van der Waals surface area contributed by atoms with Crippen molar-refractivity contribution in [2.45, 2.75) is 6.92 Å². The van der Waals surface area contributed by atoms with E-state index in [4.69, 9.17) is 4.55 Å². The maximum atomic E-state index is 10.2. The van der Waals surface area contributed by atoms with Crippen molar-refractivity contribution in [2.24, 2.45) is 0 Å². The van der Waals surface area contributed by atoms with Crippen molar-refractivity contribution < 1.29 is 17.8 Å². The molecule has 0 saturated heterocycles. The van der Waals surface area contributed by atoms with Crippen LogP contribution in [0.3, 0.4) is 0 Å². The molecular weight excluding hydrogens is 195 g/mol. The number of hydrazine groups is 1. The molecule has 0 aromatic heterocycles. The fraction of sp³-hybridized carbons (Fsp3) is 0.750. The van der Waals surface area contributed by atoms with E-state index in [2.05, 4.69) is 10.9 Å². The van der Waals surface area contributed by atoms with Gasteiger partial charge in [-0.05, 0) is 0 Å². The van der Waals surface area contributed by atoms with Crippen LogP contribution < -0.4 is 10.9 Å². The number of hydrogen-bond donors (Lipinski definition) is 3. The molecule has 6 nitrogen and oxygen atoms in total. The molecule has 12 heavy (non-hydrogen) atoms. The van der Waals surface area contributed by atoms with Crippen molar-refractivity contribution in [1.82, 2.24) is 10.9 Å². The van der Waals surface area contributed by atoms with E-state index in [-0.39, 0.29) is 42.0 Å². The number of amides is 1. The second kappa shape index (κ2) is 6.81. The number of carbonyl (C=O) groups is 1. The van der Waals surface area contributed by atoms with E-state index in [0.29, 0.717) is 0 Å². The Labute approximate surface area is 93.1 Å². The van der Waals surface area contributed by atoms with Crippen molar-refractivity contribution in [3.8, 4) is 0 Å². The Morgan fingerprint density at radius 3 is 2.33 bits per heavy atom. The molecule has 0 bridgehead atoms. The summed E-state index contributed by atoms with van der Waals surface area (Å²) < 4.78 is 28.4. The van der Waals surface area contributed by atoms with Gasteiger partial charge in [0.15, 0.2) is 0 Å². The van der Waals surface area contributed by atoms with E-state index in [1.54, 1.807) is 0 Å². The van der Waals surface area contributed by atoms with Crippen molar-refractivity contribution >= 4 is 45.6 Å². The summed E-state index contributed by atoms with van der Waals surface area (Å²) in [5, 5.41) is 0. The van der Waals surface area contributed by atoms with E-state index in [0.717, 1.165) is 0 Å². The van der Waals surface area contributed by atoms with Gasteiger partial charge in [0.25, 0.3) is 10.1 Å². The molecule has 0 aromatic carbocycles. The molecule has 0 aliphatic heterocycles. The monoisotopic (exact) mass is 206 g/mol. The molecule has 0 rings (SSSR count). The fourth-order valence-electron chi connectivity index (χ4n) is 0.367. The van der Waals surface area contributed by atoms with Gasteiger partial charge in [0.05, 0.1) is 5.75 Å². The SMILES string of the molecule is CC(=O)NNCCS(=O)(=O)O.[NaH]. The van der Waals surface area contributed by atoms with Crippen LogP contribution in [0, 0.1) is 0 Å². The van der Waals surface area contributed by atoms with Gasteiger partial charge < -0.3 is 0 Å². The molecular formula is C4H11N2NaO4S. The predicted molar refractivity (Wildman–Crippen MR) is 45.4 cm³/mol. The first-order chi connectivity index (χ1) is 4.92. The van der Waals surface area contributed by atoms with Crippen LogP contribution in [0.1, 0.15) is 6.92 Å². The van der Waals surface area contributed by atoms with E-state index in [1.165, 1.54) is 6.92 Å². The second-order valence-corrected chi connectivity index (χ2v) is 3.47. The summed E-state index contributed by atoms with van der Waals surface area (Å²) in [4.78, 5) is 10.2. The molecule has 3 N–H and O–H groups in total. The zero-order valence-corrected chi connectivity index (χ0v) is 6.81. The third-order valence-electron chi connectivity index (χ3n) is 0.749. The molecule has 0 aromatic rings. The first-order valence-corrected chi connectivity index (χ1v) is 4.47. The van der Waals surface area contributed by atoms with Gasteiger partial charge >= 0.3 is 29.6 Å². The van der Waals surface area contributed by atoms with Gasteiger partial charge in [-0.2, -0.15) is 8.42 Å². The Kier molecular flexibility index (Phi) is 8.43. The van der Waals surface area contributed by atoms with Crippen LogP contribution >= 0.6 is 0 Å². The third kappa shape index (κ3) is 13.0. The standard InChI is InChI=1S/C4H10N2O4S.Na.H/c1-4(7)6-5-2-3-11(8,9)10;;/h5H,2-3H2,1H3,(H,6,7)(H,8,9,10);;. The van der Waals surface area contributed by atoms with E-state index >= 15 is 0 Å². The van der Waals surface area contributed by atoms with Crippen molar-refractivity contribution in [2.75, 3.05) is 12.3 Å². The zero-order chi connectivity index (χ0) is 8.91. The molecule has 0 unspecified atom stereocenters. The van der Waals surface area contributed by atoms with Gasteiger partial charge in [-0.3, -0.25) is 14.8 Å². The summed E-state index contributed by atoms with van der Waals surface area (Å²) in [5.41, 5.74) is 4.46. The topological polar surface area (TPSA) is 95.5 Å². The Balaban J connectivity index is 0. The summed E-state index contributed by atoms with van der Waals surface area (Å²) in [6, 6.07) is 0. The molecule has 0 saturated carbocycles. The van der Waals surface area contributed by atoms with E-state index < -0.39 is 15.9 Å². The Hall–Kier alpha value is 0.340. The van der Waals surface area contributed by atoms with Gasteiger partial charge in [0.2, 0.25) is 5.91 Å². The average Bonchev–Trinajstić information content (AvgIpc) is 1.78. The van der Waals surface area contributed by atoms with Gasteiger partial charge in [-0.1, -0.05) is 0 Å². The van der Waals surface area contributed by atoms with Crippen LogP contribution in [0.25, 0.3) is 0 Å². The molecule has 0 fully saturated rings. The van der Waals surface area contributed by atoms with Crippen LogP contribution in [0.15, 0.2) is 0 Å². The Morgan fingerprint density at radius 1 is 1.50 bits per heavy atom. The first kappa shape index (κ1) is 14.8. The average molecular weight is 206 g/mol. The normalized spacial score (nSPS) is 10.2. The molecule has 0 heterocycles. The van der Waals surface area contributed by atoms with Crippen LogP contribution in [0.4, 0.5) is 0 Å². The molecule has 0 atom stereocenters. The van der Waals surface area contributed by atoms with Crippen LogP contribution in [-0.2, 0) is 14.9 Å². The summed E-state index contributed by atoms with van der Waals surface area (Å²) in [5.74, 6) is -0.742. The maximum absolute atomic E-state index is 10.2. The van der Waals surface area contributed by atoms with Crippen molar-refractivity contribution in [3.05, 3.63) is 0 Å². The van der Waals surface area contributed by atoms with Crippen LogP contribution in [-0.4, -0.2) is 60.7 Å². The predicted octanol–water partition coefficient (Wildman–Crippen LogP) is -2.13. The van der Waals surface area contributed by atoms with E-state index in [9.17, 15) is 13.2 Å². The summed E-state index contributed by atoms with van der Waals surface area (Å²) >= 11 is 0. The molecule has 1 amide bonds. The zero-order valence-electron chi connectivity index (χ0n) is 5.99. The number of carbonyl (C=O) groups excluding carboxylic acids is 1. The van der Waals surface area contributed by atoms with Gasteiger partial charge in [-0.25, -0.2) is 5.43 Å². The number of rotatable bonds is 4. The summed E-state index contributed by atoms with van der Waals surface area (Å²) in [6.45, 7) is 1.26. The Morgan fingerprint density at radius 2 is 2.00 bits per heavy atom. The molecule has 0 aliphatic rings. The molecule has 8 heteroatoms. The fourth-order valence-corrected chi connectivity index (χ4v) is 0.727. The van der Waals surface area contributed by atoms with Crippen molar-refractivity contribution in [1.29, 1.82) is 0 Å². The number of hydrogen-bond acceptors (Lipinski definition) is 4. The third-order valence-corrected chi connectivity index (χ3v) is 1.47. The molecule has 0 aliphatic carbocycles. The summed E-state index contributed by atoms with van der Waals surface area (Å²) in [7, 11) is -3.94. The first-order valence-electron chi connectivity index (χ1n) is 2.86. The quantitative estimate of drug-likeness (QED) is 0.211. The van der Waals surface area contributed by atoms with Gasteiger partial charge in [0.1, 0.15) is 0 Å². The minimum absolute atomic E-state index is 0. The summed E-state index contributed by atoms with van der Waals surface area (Å²) in [6.07, 6.45) is 0. The van der Waals surface area contributed by atoms with Crippen LogP contribution in [0.2, 0.25) is 0 Å². The Bertz CT molecular complexity index is 227. The molecule has 0 radical (unpaired) electrons. The number of nitrogens with one attached hydrogen (secondary N) is 2. The minimum atomic E-state index is -3.94. The van der Waals surface area contributed by atoms with Crippen LogP contribution in [0.5, 0.6) is 0 Å². The molecule has 0 spiro atoms. The van der Waals surface area contributed by atoms with Gasteiger partial charge in [0, 0.05) is 13.5 Å². The van der Waals surface area contributed by atoms with E-state index in [1.807, 2.05) is 0 Å². The molecule has 68 valence electrons. The van der Waals surface area contributed by atoms with Crippen molar-refractivity contribution in [3.63, 3.8) is 0 Å². The second-order valence-electron chi connectivity index (χ2n) is 1.89.